The number of nitrogens with one attached hydrogen (secondary N) is 1. The SMILES string of the molecule is O=C(O)c1ccc([N+](=O)[O-])c(NCCC2CCOC2)n1. The predicted octanol–water partition coefficient (Wildman–Crippen LogP) is 1.53. The molecule has 1 aliphatic heterocycles. The Bertz CT molecular complexity index is 514. The van der Waals surface area contributed by atoms with E-state index in [2.05, 4.69) is 10.3 Å². The van der Waals surface area contributed by atoms with Crippen molar-refractivity contribution in [2.45, 2.75) is 12.8 Å². The van der Waals surface area contributed by atoms with Crippen molar-refractivity contribution >= 4 is 17.5 Å². The molecule has 8 nitrogen and oxygen atoms in total. The van der Waals surface area contributed by atoms with Crippen LogP contribution in [0.3, 0.4) is 0 Å². The first-order chi connectivity index (χ1) is 9.58. The van der Waals surface area contributed by atoms with Gasteiger partial charge in [0, 0.05) is 25.8 Å². The van der Waals surface area contributed by atoms with Crippen LogP contribution in [-0.2, 0) is 4.74 Å². The first-order valence-corrected chi connectivity index (χ1v) is 6.28. The summed E-state index contributed by atoms with van der Waals surface area (Å²) < 4.78 is 5.24. The summed E-state index contributed by atoms with van der Waals surface area (Å²) in [7, 11) is 0. The third-order valence-corrected chi connectivity index (χ3v) is 3.16. The molecular weight excluding hydrogens is 266 g/mol. The summed E-state index contributed by atoms with van der Waals surface area (Å²) in [5.74, 6) is -0.787. The van der Waals surface area contributed by atoms with Crippen molar-refractivity contribution in [3.63, 3.8) is 0 Å². The van der Waals surface area contributed by atoms with E-state index in [1.54, 1.807) is 0 Å². The maximum atomic E-state index is 10.9. The Kier molecular flexibility index (Phi) is 4.46. The fourth-order valence-electron chi connectivity index (χ4n) is 2.05. The quantitative estimate of drug-likeness (QED) is 0.600. The molecule has 1 aliphatic rings. The maximum absolute atomic E-state index is 10.9. The van der Waals surface area contributed by atoms with Crippen LogP contribution in [-0.4, -0.2) is 40.7 Å². The third-order valence-electron chi connectivity index (χ3n) is 3.16. The van der Waals surface area contributed by atoms with Crippen molar-refractivity contribution < 1.29 is 19.6 Å². The van der Waals surface area contributed by atoms with Crippen LogP contribution in [0.2, 0.25) is 0 Å². The molecule has 2 rings (SSSR count). The van der Waals surface area contributed by atoms with Crippen LogP contribution in [0.1, 0.15) is 23.3 Å². The highest BCUT2D eigenvalue weighted by Crippen LogP contribution is 2.23. The van der Waals surface area contributed by atoms with Crippen LogP contribution in [0, 0.1) is 16.0 Å². The van der Waals surface area contributed by atoms with Gasteiger partial charge in [-0.15, -0.1) is 0 Å². The van der Waals surface area contributed by atoms with E-state index in [0.29, 0.717) is 19.1 Å². The Labute approximate surface area is 114 Å². The van der Waals surface area contributed by atoms with Crippen molar-refractivity contribution in [2.24, 2.45) is 5.92 Å². The first-order valence-electron chi connectivity index (χ1n) is 6.28. The molecule has 0 amide bonds. The average molecular weight is 281 g/mol. The Morgan fingerprint density at radius 2 is 2.40 bits per heavy atom. The number of ether oxygens (including phenoxy) is 1. The molecule has 8 heteroatoms. The largest absolute Gasteiger partial charge is 0.477 e. The highest BCUT2D eigenvalue weighted by atomic mass is 16.6. The number of aromatic carboxylic acids is 1. The molecule has 0 bridgehead atoms. The van der Waals surface area contributed by atoms with E-state index >= 15 is 0 Å². The Morgan fingerprint density at radius 1 is 1.60 bits per heavy atom. The molecule has 1 saturated heterocycles. The number of hydrogen-bond acceptors (Lipinski definition) is 6. The Hall–Kier alpha value is -2.22. The smallest absolute Gasteiger partial charge is 0.354 e. The molecule has 2 N–H and O–H groups in total. The number of carbonyl (C=O) groups is 1. The molecule has 20 heavy (non-hydrogen) atoms. The van der Waals surface area contributed by atoms with E-state index in [9.17, 15) is 14.9 Å². The fraction of sp³-hybridized carbons (Fsp3) is 0.500. The molecule has 0 aromatic carbocycles. The lowest BCUT2D eigenvalue weighted by atomic mass is 10.1. The number of carboxylic acid groups (broad SMARTS) is 1. The van der Waals surface area contributed by atoms with Gasteiger partial charge in [0.15, 0.2) is 5.69 Å². The van der Waals surface area contributed by atoms with Gasteiger partial charge in [-0.05, 0) is 24.8 Å². The van der Waals surface area contributed by atoms with Gasteiger partial charge in [0.25, 0.3) is 0 Å². The van der Waals surface area contributed by atoms with Gasteiger partial charge in [-0.1, -0.05) is 0 Å². The Balaban J connectivity index is 2.04. The van der Waals surface area contributed by atoms with Gasteiger partial charge >= 0.3 is 11.7 Å². The summed E-state index contributed by atoms with van der Waals surface area (Å²) >= 11 is 0. The standard InChI is InChI=1S/C12H15N3O5/c16-12(17)9-1-2-10(15(18)19)11(14-9)13-5-3-8-4-6-20-7-8/h1-2,8H,3-7H2,(H,13,14)(H,16,17). The van der Waals surface area contributed by atoms with Gasteiger partial charge < -0.3 is 15.2 Å². The number of aromatic nitrogens is 1. The molecule has 2 heterocycles. The van der Waals surface area contributed by atoms with Crippen molar-refractivity contribution in [3.8, 4) is 0 Å². The molecular formula is C12H15N3O5. The van der Waals surface area contributed by atoms with Crippen LogP contribution in [0.25, 0.3) is 0 Å². The van der Waals surface area contributed by atoms with Gasteiger partial charge in [-0.3, -0.25) is 10.1 Å². The zero-order chi connectivity index (χ0) is 14.5. The lowest BCUT2D eigenvalue weighted by Gasteiger charge is -2.09. The van der Waals surface area contributed by atoms with Crippen LogP contribution in [0.5, 0.6) is 0 Å². The van der Waals surface area contributed by atoms with Crippen molar-refractivity contribution in [1.29, 1.82) is 0 Å². The summed E-state index contributed by atoms with van der Waals surface area (Å²) in [4.78, 5) is 24.9. The second-order valence-corrected chi connectivity index (χ2v) is 4.57. The lowest BCUT2D eigenvalue weighted by molar-refractivity contribution is -0.384. The average Bonchev–Trinajstić information content (AvgIpc) is 2.91. The van der Waals surface area contributed by atoms with Gasteiger partial charge in [0.05, 0.1) is 4.92 Å². The maximum Gasteiger partial charge on any atom is 0.354 e. The molecule has 1 fully saturated rings. The summed E-state index contributed by atoms with van der Waals surface area (Å²) in [6, 6.07) is 2.27. The summed E-state index contributed by atoms with van der Waals surface area (Å²) in [6.45, 7) is 1.94. The third kappa shape index (κ3) is 3.41. The second kappa shape index (κ2) is 6.29. The van der Waals surface area contributed by atoms with Crippen molar-refractivity contribution in [3.05, 3.63) is 27.9 Å². The number of rotatable bonds is 6. The summed E-state index contributed by atoms with van der Waals surface area (Å²) in [6.07, 6.45) is 1.78. The summed E-state index contributed by atoms with van der Waals surface area (Å²) in [5, 5.41) is 22.6. The molecule has 0 radical (unpaired) electrons. The van der Waals surface area contributed by atoms with Crippen molar-refractivity contribution in [1.82, 2.24) is 4.98 Å². The normalized spacial score (nSPS) is 17.9. The van der Waals surface area contributed by atoms with E-state index in [4.69, 9.17) is 9.84 Å². The zero-order valence-electron chi connectivity index (χ0n) is 10.7. The van der Waals surface area contributed by atoms with E-state index in [-0.39, 0.29) is 17.2 Å². The van der Waals surface area contributed by atoms with Gasteiger partial charge in [-0.25, -0.2) is 9.78 Å². The number of nitro groups is 1. The monoisotopic (exact) mass is 281 g/mol. The number of hydrogen-bond donors (Lipinski definition) is 2. The molecule has 0 spiro atoms. The number of carboxylic acids is 1. The van der Waals surface area contributed by atoms with E-state index in [0.717, 1.165) is 31.6 Å². The lowest BCUT2D eigenvalue weighted by Crippen LogP contribution is -2.12. The van der Waals surface area contributed by atoms with Crippen molar-refractivity contribution in [2.75, 3.05) is 25.1 Å². The molecule has 1 aromatic rings. The van der Waals surface area contributed by atoms with Crippen LogP contribution >= 0.6 is 0 Å². The number of anilines is 1. The minimum Gasteiger partial charge on any atom is -0.477 e. The second-order valence-electron chi connectivity index (χ2n) is 4.57. The molecule has 0 aliphatic carbocycles. The summed E-state index contributed by atoms with van der Waals surface area (Å²) in [5.41, 5.74) is -0.444. The minimum absolute atomic E-state index is 0.00573. The van der Waals surface area contributed by atoms with Crippen LogP contribution in [0.4, 0.5) is 11.5 Å². The fourth-order valence-corrected chi connectivity index (χ4v) is 2.05. The van der Waals surface area contributed by atoms with Gasteiger partial charge in [0.2, 0.25) is 5.82 Å². The zero-order valence-corrected chi connectivity index (χ0v) is 10.7. The highest BCUT2D eigenvalue weighted by Gasteiger charge is 2.19. The minimum atomic E-state index is -1.22. The molecule has 0 saturated carbocycles. The van der Waals surface area contributed by atoms with E-state index in [1.165, 1.54) is 0 Å². The highest BCUT2D eigenvalue weighted by molar-refractivity contribution is 5.86. The molecule has 1 atom stereocenters. The van der Waals surface area contributed by atoms with Crippen LogP contribution in [0.15, 0.2) is 12.1 Å². The predicted molar refractivity (Wildman–Crippen MR) is 69.9 cm³/mol. The molecule has 1 aromatic heterocycles. The van der Waals surface area contributed by atoms with E-state index in [1.807, 2.05) is 0 Å². The van der Waals surface area contributed by atoms with Crippen LogP contribution < -0.4 is 5.32 Å². The number of pyridine rings is 1. The topological polar surface area (TPSA) is 115 Å². The molecule has 108 valence electrons. The molecule has 1 unspecified atom stereocenters. The van der Waals surface area contributed by atoms with E-state index < -0.39 is 10.9 Å². The Morgan fingerprint density at radius 3 is 3.00 bits per heavy atom. The first kappa shape index (κ1) is 14.2. The van der Waals surface area contributed by atoms with Gasteiger partial charge in [-0.2, -0.15) is 0 Å². The number of nitrogens with zero attached hydrogens (tertiary/aromatic N) is 2. The van der Waals surface area contributed by atoms with Gasteiger partial charge in [0.1, 0.15) is 0 Å².